The van der Waals surface area contributed by atoms with Gasteiger partial charge in [0.15, 0.2) is 11.5 Å². The molecule has 2 aromatic carbocycles. The molecule has 0 radical (unpaired) electrons. The molecule has 2 fully saturated rings. The summed E-state index contributed by atoms with van der Waals surface area (Å²) in [6, 6.07) is 12.7. The van der Waals surface area contributed by atoms with Gasteiger partial charge in [0.25, 0.3) is 0 Å². The molecule has 2 saturated heterocycles. The summed E-state index contributed by atoms with van der Waals surface area (Å²) in [5.74, 6) is 0.753. The third-order valence-electron chi connectivity index (χ3n) is 7.08. The van der Waals surface area contributed by atoms with Crippen LogP contribution >= 0.6 is 0 Å². The highest BCUT2D eigenvalue weighted by molar-refractivity contribution is 7.89. The van der Waals surface area contributed by atoms with Crippen molar-refractivity contribution in [3.05, 3.63) is 42.5 Å². The van der Waals surface area contributed by atoms with Crippen LogP contribution in [0.4, 0.5) is 11.4 Å². The molecule has 0 bridgehead atoms. The van der Waals surface area contributed by atoms with E-state index in [0.717, 1.165) is 24.5 Å². The molecule has 8 nitrogen and oxygen atoms in total. The second-order valence-corrected chi connectivity index (χ2v) is 11.3. The SMILES string of the molecule is O=C(Nc1ccccc1N1CCCCCC1)C1CCN(S(=O)(=O)c2ccc3c(c2)OCCO3)CC1. The molecule has 5 rings (SSSR count). The van der Waals surface area contributed by atoms with Crippen molar-refractivity contribution in [2.75, 3.05) is 49.6 Å². The van der Waals surface area contributed by atoms with Crippen LogP contribution in [0.25, 0.3) is 0 Å². The van der Waals surface area contributed by atoms with Crippen molar-refractivity contribution in [3.63, 3.8) is 0 Å². The first-order valence-corrected chi connectivity index (χ1v) is 14.0. The Bertz CT molecular complexity index is 1150. The number of carbonyl (C=O) groups excluding carboxylic acids is 1. The van der Waals surface area contributed by atoms with Crippen molar-refractivity contribution >= 4 is 27.3 Å². The molecule has 1 N–H and O–H groups in total. The maximum atomic E-state index is 13.2. The van der Waals surface area contributed by atoms with E-state index in [-0.39, 0.29) is 16.7 Å². The van der Waals surface area contributed by atoms with E-state index >= 15 is 0 Å². The summed E-state index contributed by atoms with van der Waals surface area (Å²) >= 11 is 0. The molecule has 2 aromatic rings. The third-order valence-corrected chi connectivity index (χ3v) is 8.98. The van der Waals surface area contributed by atoms with Gasteiger partial charge in [-0.3, -0.25) is 4.79 Å². The molecule has 0 atom stereocenters. The van der Waals surface area contributed by atoms with Gasteiger partial charge < -0.3 is 19.7 Å². The molecular weight excluding hydrogens is 466 g/mol. The number of amides is 1. The number of ether oxygens (including phenoxy) is 2. The lowest BCUT2D eigenvalue weighted by atomic mass is 9.97. The van der Waals surface area contributed by atoms with Crippen molar-refractivity contribution in [2.24, 2.45) is 5.92 Å². The number of nitrogens with zero attached hydrogens (tertiary/aromatic N) is 2. The van der Waals surface area contributed by atoms with E-state index in [4.69, 9.17) is 9.47 Å². The summed E-state index contributed by atoms with van der Waals surface area (Å²) in [6.07, 6.45) is 5.80. The summed E-state index contributed by atoms with van der Waals surface area (Å²) in [5, 5.41) is 3.14. The van der Waals surface area contributed by atoms with E-state index in [1.54, 1.807) is 12.1 Å². The Morgan fingerprint density at radius 3 is 2.29 bits per heavy atom. The Kier molecular flexibility index (Phi) is 7.15. The van der Waals surface area contributed by atoms with Crippen LogP contribution in [0.15, 0.2) is 47.4 Å². The van der Waals surface area contributed by atoms with Gasteiger partial charge in [-0.2, -0.15) is 4.31 Å². The number of carbonyl (C=O) groups is 1. The van der Waals surface area contributed by atoms with Crippen molar-refractivity contribution in [2.45, 2.75) is 43.4 Å². The first-order valence-electron chi connectivity index (χ1n) is 12.6. The van der Waals surface area contributed by atoms with Crippen LogP contribution in [0.2, 0.25) is 0 Å². The van der Waals surface area contributed by atoms with E-state index in [1.807, 2.05) is 18.2 Å². The smallest absolute Gasteiger partial charge is 0.243 e. The second-order valence-electron chi connectivity index (χ2n) is 9.39. The van der Waals surface area contributed by atoms with Crippen LogP contribution in [0.3, 0.4) is 0 Å². The van der Waals surface area contributed by atoms with Crippen LogP contribution in [0.5, 0.6) is 11.5 Å². The number of nitrogens with one attached hydrogen (secondary N) is 1. The molecule has 1 amide bonds. The zero-order valence-electron chi connectivity index (χ0n) is 19.9. The molecular formula is C26H33N3O5S. The molecule has 3 aliphatic rings. The Balaban J connectivity index is 1.22. The van der Waals surface area contributed by atoms with Gasteiger partial charge in [0, 0.05) is 38.2 Å². The summed E-state index contributed by atoms with van der Waals surface area (Å²) < 4.78 is 38.9. The molecule has 3 aliphatic heterocycles. The molecule has 0 spiro atoms. The minimum absolute atomic E-state index is 0.0383. The molecule has 35 heavy (non-hydrogen) atoms. The highest BCUT2D eigenvalue weighted by atomic mass is 32.2. The molecule has 0 aromatic heterocycles. The van der Waals surface area contributed by atoms with Gasteiger partial charge in [-0.1, -0.05) is 25.0 Å². The number of fused-ring (bicyclic) bond motifs is 1. The lowest BCUT2D eigenvalue weighted by Crippen LogP contribution is -2.41. The van der Waals surface area contributed by atoms with Gasteiger partial charge in [-0.05, 0) is 49.9 Å². The normalized spacial score (nSPS) is 19.7. The first kappa shape index (κ1) is 23.9. The minimum atomic E-state index is -3.67. The number of hydrogen-bond donors (Lipinski definition) is 1. The van der Waals surface area contributed by atoms with Crippen LogP contribution < -0.4 is 19.7 Å². The number of anilines is 2. The average molecular weight is 500 g/mol. The topological polar surface area (TPSA) is 88.2 Å². The van der Waals surface area contributed by atoms with Gasteiger partial charge in [0.2, 0.25) is 15.9 Å². The van der Waals surface area contributed by atoms with E-state index in [9.17, 15) is 13.2 Å². The number of benzene rings is 2. The summed E-state index contributed by atoms with van der Waals surface area (Å²) in [5.41, 5.74) is 1.91. The van der Waals surface area contributed by atoms with Crippen LogP contribution in [0.1, 0.15) is 38.5 Å². The fraction of sp³-hybridized carbons (Fsp3) is 0.500. The molecule has 3 heterocycles. The van der Waals surface area contributed by atoms with Gasteiger partial charge in [0.1, 0.15) is 13.2 Å². The number of hydrogen-bond acceptors (Lipinski definition) is 6. The highest BCUT2D eigenvalue weighted by Crippen LogP contribution is 2.34. The number of piperidine rings is 1. The van der Waals surface area contributed by atoms with Gasteiger partial charge >= 0.3 is 0 Å². The zero-order valence-corrected chi connectivity index (χ0v) is 20.8. The zero-order chi connectivity index (χ0) is 24.3. The Hall–Kier alpha value is -2.78. The van der Waals surface area contributed by atoms with E-state index in [0.29, 0.717) is 50.6 Å². The van der Waals surface area contributed by atoms with Gasteiger partial charge in [-0.25, -0.2) is 8.42 Å². The van der Waals surface area contributed by atoms with Gasteiger partial charge in [0.05, 0.1) is 16.3 Å². The Labute approximate surface area is 207 Å². The molecule has 0 aliphatic carbocycles. The molecule has 9 heteroatoms. The Morgan fingerprint density at radius 2 is 1.54 bits per heavy atom. The summed E-state index contributed by atoms with van der Waals surface area (Å²) in [7, 11) is -3.67. The van der Waals surface area contributed by atoms with E-state index < -0.39 is 10.0 Å². The predicted molar refractivity (Wildman–Crippen MR) is 135 cm³/mol. The average Bonchev–Trinajstić information content (AvgIpc) is 3.18. The molecule has 0 unspecified atom stereocenters. The number of sulfonamides is 1. The van der Waals surface area contributed by atoms with Crippen LogP contribution in [-0.4, -0.2) is 58.0 Å². The monoisotopic (exact) mass is 499 g/mol. The number of para-hydroxylation sites is 2. The highest BCUT2D eigenvalue weighted by Gasteiger charge is 2.33. The van der Waals surface area contributed by atoms with E-state index in [2.05, 4.69) is 16.3 Å². The lowest BCUT2D eigenvalue weighted by molar-refractivity contribution is -0.120. The van der Waals surface area contributed by atoms with Gasteiger partial charge in [-0.15, -0.1) is 0 Å². The maximum absolute atomic E-state index is 13.2. The van der Waals surface area contributed by atoms with Crippen molar-refractivity contribution in [1.29, 1.82) is 0 Å². The van der Waals surface area contributed by atoms with E-state index in [1.165, 1.54) is 36.1 Å². The fourth-order valence-corrected chi connectivity index (χ4v) is 6.58. The minimum Gasteiger partial charge on any atom is -0.486 e. The lowest BCUT2D eigenvalue weighted by Gasteiger charge is -2.31. The van der Waals surface area contributed by atoms with Crippen molar-refractivity contribution < 1.29 is 22.7 Å². The fourth-order valence-electron chi connectivity index (χ4n) is 5.09. The molecule has 188 valence electrons. The summed E-state index contributed by atoms with van der Waals surface area (Å²) in [4.78, 5) is 15.7. The first-order chi connectivity index (χ1) is 17.0. The third kappa shape index (κ3) is 5.26. The van der Waals surface area contributed by atoms with Crippen molar-refractivity contribution in [1.82, 2.24) is 4.31 Å². The molecule has 0 saturated carbocycles. The van der Waals surface area contributed by atoms with Crippen LogP contribution in [-0.2, 0) is 14.8 Å². The largest absolute Gasteiger partial charge is 0.486 e. The maximum Gasteiger partial charge on any atom is 0.243 e. The second kappa shape index (κ2) is 10.5. The summed E-state index contributed by atoms with van der Waals surface area (Å²) in [6.45, 7) is 3.48. The van der Waals surface area contributed by atoms with Crippen LogP contribution in [0, 0.1) is 5.92 Å². The predicted octanol–water partition coefficient (Wildman–Crippen LogP) is 3.88. The standard InChI is InChI=1S/C26H33N3O5S/c30-26(27-22-7-3-4-8-23(22)28-13-5-1-2-6-14-28)20-11-15-29(16-12-20)35(31,32)21-9-10-24-25(19-21)34-18-17-33-24/h3-4,7-10,19-20H,1-2,5-6,11-18H2,(H,27,30). The van der Waals surface area contributed by atoms with Crippen molar-refractivity contribution in [3.8, 4) is 11.5 Å². The number of rotatable bonds is 5. The Morgan fingerprint density at radius 1 is 0.857 bits per heavy atom. The quantitative estimate of drug-likeness (QED) is 0.672.